The number of rotatable bonds is 3. The topological polar surface area (TPSA) is 72.2 Å². The molecule has 1 aliphatic carbocycles. The average Bonchev–Trinajstić information content (AvgIpc) is 2.75. The molecule has 0 atom stereocenters. The second kappa shape index (κ2) is 4.87. The van der Waals surface area contributed by atoms with Crippen molar-refractivity contribution in [3.63, 3.8) is 0 Å². The first-order valence-corrected chi connectivity index (χ1v) is 7.18. The Morgan fingerprint density at radius 2 is 1.94 bits per heavy atom. The van der Waals surface area contributed by atoms with Crippen LogP contribution in [0.2, 0.25) is 5.02 Å². The minimum atomic E-state index is -3.95. The fourth-order valence-corrected chi connectivity index (χ4v) is 3.45. The van der Waals surface area contributed by atoms with Gasteiger partial charge in [0.05, 0.1) is 5.02 Å². The summed E-state index contributed by atoms with van der Waals surface area (Å²) in [5, 5.41) is -0.306. The molecule has 0 heterocycles. The molecule has 1 aromatic rings. The highest BCUT2D eigenvalue weighted by Crippen LogP contribution is 2.26. The van der Waals surface area contributed by atoms with Gasteiger partial charge in [0.15, 0.2) is 5.82 Å². The van der Waals surface area contributed by atoms with Gasteiger partial charge in [-0.1, -0.05) is 23.8 Å². The Morgan fingerprint density at radius 3 is 2.56 bits per heavy atom. The maximum Gasteiger partial charge on any atom is 0.243 e. The van der Waals surface area contributed by atoms with Crippen molar-refractivity contribution in [2.45, 2.75) is 23.8 Å². The van der Waals surface area contributed by atoms with E-state index in [4.69, 9.17) is 17.3 Å². The van der Waals surface area contributed by atoms with Crippen molar-refractivity contribution in [2.75, 3.05) is 5.73 Å². The summed E-state index contributed by atoms with van der Waals surface area (Å²) in [7, 11) is -3.95. The van der Waals surface area contributed by atoms with E-state index in [0.717, 1.165) is 6.07 Å². The summed E-state index contributed by atoms with van der Waals surface area (Å²) < 4.78 is 40.2. The first-order valence-electron chi connectivity index (χ1n) is 5.32. The molecule has 0 aromatic heterocycles. The lowest BCUT2D eigenvalue weighted by Crippen LogP contribution is -2.33. The Labute approximate surface area is 110 Å². The van der Waals surface area contributed by atoms with Crippen LogP contribution in [0.25, 0.3) is 0 Å². The van der Waals surface area contributed by atoms with Crippen LogP contribution < -0.4 is 10.5 Å². The van der Waals surface area contributed by atoms with Gasteiger partial charge >= 0.3 is 0 Å². The molecule has 0 amide bonds. The summed E-state index contributed by atoms with van der Waals surface area (Å²) >= 11 is 5.58. The van der Waals surface area contributed by atoms with Crippen molar-refractivity contribution in [1.82, 2.24) is 4.72 Å². The molecule has 18 heavy (non-hydrogen) atoms. The maximum atomic E-state index is 13.7. The number of sulfonamides is 1. The van der Waals surface area contributed by atoms with Gasteiger partial charge in [0.2, 0.25) is 10.0 Å². The van der Waals surface area contributed by atoms with Gasteiger partial charge in [-0.3, -0.25) is 0 Å². The first-order chi connectivity index (χ1) is 8.40. The third-order valence-electron chi connectivity index (χ3n) is 2.64. The molecule has 4 nitrogen and oxygen atoms in total. The third-order valence-corrected chi connectivity index (χ3v) is 4.43. The highest BCUT2D eigenvalue weighted by atomic mass is 35.5. The number of nitrogen functional groups attached to an aromatic ring is 1. The van der Waals surface area contributed by atoms with Crippen molar-refractivity contribution in [1.29, 1.82) is 0 Å². The van der Waals surface area contributed by atoms with Crippen LogP contribution in [0.5, 0.6) is 0 Å². The molecule has 0 saturated heterocycles. The van der Waals surface area contributed by atoms with Crippen LogP contribution in [0.4, 0.5) is 10.1 Å². The van der Waals surface area contributed by atoms with E-state index in [9.17, 15) is 12.8 Å². The minimum absolute atomic E-state index is 0.103. The Hall–Kier alpha value is -1.11. The largest absolute Gasteiger partial charge is 0.399 e. The predicted octanol–water partition coefficient (Wildman–Crippen LogP) is 2.06. The Kier molecular flexibility index (Phi) is 3.61. The summed E-state index contributed by atoms with van der Waals surface area (Å²) in [5.41, 5.74) is 5.58. The fourth-order valence-electron chi connectivity index (χ4n) is 1.78. The van der Waals surface area contributed by atoms with Crippen LogP contribution in [0.15, 0.2) is 29.2 Å². The highest BCUT2D eigenvalue weighted by molar-refractivity contribution is 7.89. The van der Waals surface area contributed by atoms with Crippen molar-refractivity contribution in [3.05, 3.63) is 35.1 Å². The molecule has 0 aliphatic heterocycles. The van der Waals surface area contributed by atoms with E-state index in [-0.39, 0.29) is 16.8 Å². The van der Waals surface area contributed by atoms with Crippen molar-refractivity contribution < 1.29 is 12.8 Å². The number of nitrogens with one attached hydrogen (secondary N) is 1. The summed E-state index contributed by atoms with van der Waals surface area (Å²) in [6, 6.07) is 1.99. The zero-order valence-electron chi connectivity index (χ0n) is 9.36. The predicted molar refractivity (Wildman–Crippen MR) is 68.3 cm³/mol. The quantitative estimate of drug-likeness (QED) is 0.661. The summed E-state index contributed by atoms with van der Waals surface area (Å²) in [5.74, 6) is -0.982. The minimum Gasteiger partial charge on any atom is -0.399 e. The monoisotopic (exact) mass is 290 g/mol. The summed E-state index contributed by atoms with van der Waals surface area (Å²) in [6.07, 6.45) is 4.93. The van der Waals surface area contributed by atoms with Gasteiger partial charge in [0.1, 0.15) is 4.90 Å². The lowest BCUT2D eigenvalue weighted by Gasteiger charge is -2.14. The van der Waals surface area contributed by atoms with E-state index < -0.39 is 20.7 Å². The molecule has 0 spiro atoms. The number of halogens is 2. The van der Waals surface area contributed by atoms with Gasteiger partial charge in [0.25, 0.3) is 0 Å². The van der Waals surface area contributed by atoms with E-state index in [1.807, 2.05) is 12.2 Å². The van der Waals surface area contributed by atoms with E-state index in [1.54, 1.807) is 0 Å². The molecule has 0 radical (unpaired) electrons. The van der Waals surface area contributed by atoms with Gasteiger partial charge in [-0.25, -0.2) is 17.5 Å². The second-order valence-electron chi connectivity index (χ2n) is 4.08. The van der Waals surface area contributed by atoms with E-state index in [2.05, 4.69) is 4.72 Å². The number of benzene rings is 1. The normalized spacial score (nSPS) is 16.3. The van der Waals surface area contributed by atoms with Gasteiger partial charge in [-0.15, -0.1) is 0 Å². The van der Waals surface area contributed by atoms with Crippen LogP contribution in [-0.4, -0.2) is 14.5 Å². The molecule has 3 N–H and O–H groups in total. The number of nitrogens with two attached hydrogens (primary N) is 1. The number of anilines is 1. The smallest absolute Gasteiger partial charge is 0.243 e. The van der Waals surface area contributed by atoms with E-state index >= 15 is 0 Å². The fraction of sp³-hybridized carbons (Fsp3) is 0.273. The molecule has 0 bridgehead atoms. The van der Waals surface area contributed by atoms with Gasteiger partial charge in [0, 0.05) is 11.7 Å². The molecular weight excluding hydrogens is 279 g/mol. The summed E-state index contributed by atoms with van der Waals surface area (Å²) in [6.45, 7) is 0. The van der Waals surface area contributed by atoms with E-state index in [0.29, 0.717) is 12.8 Å². The van der Waals surface area contributed by atoms with Crippen LogP contribution in [0.1, 0.15) is 12.8 Å². The molecule has 0 unspecified atom stereocenters. The summed E-state index contributed by atoms with van der Waals surface area (Å²) in [4.78, 5) is -0.514. The Morgan fingerprint density at radius 1 is 1.33 bits per heavy atom. The van der Waals surface area contributed by atoms with Crippen LogP contribution in [-0.2, 0) is 10.0 Å². The molecule has 2 rings (SSSR count). The third kappa shape index (κ3) is 2.66. The number of hydrogen-bond acceptors (Lipinski definition) is 3. The van der Waals surface area contributed by atoms with Crippen LogP contribution in [0, 0.1) is 5.82 Å². The molecule has 98 valence electrons. The first kappa shape index (κ1) is 13.3. The molecule has 1 aliphatic rings. The maximum absolute atomic E-state index is 13.7. The standard InChI is InChI=1S/C11H12ClFN2O2S/c12-9-5-7(14)6-10(11(9)13)18(16,17)15-8-3-1-2-4-8/h1-2,5-6,8,15H,3-4,14H2. The average molecular weight is 291 g/mol. The molecular formula is C11H12ClFN2O2S. The van der Waals surface area contributed by atoms with Crippen molar-refractivity contribution in [2.24, 2.45) is 0 Å². The SMILES string of the molecule is Nc1cc(Cl)c(F)c(S(=O)(=O)NC2CC=CC2)c1. The van der Waals surface area contributed by atoms with Gasteiger partial charge in [-0.2, -0.15) is 0 Å². The second-order valence-corrected chi connectivity index (χ2v) is 6.17. The van der Waals surface area contributed by atoms with E-state index in [1.165, 1.54) is 6.07 Å². The Bertz CT molecular complexity index is 593. The molecule has 0 fully saturated rings. The molecule has 0 saturated carbocycles. The van der Waals surface area contributed by atoms with Crippen molar-refractivity contribution in [3.8, 4) is 0 Å². The lowest BCUT2D eigenvalue weighted by molar-refractivity contribution is 0.541. The highest BCUT2D eigenvalue weighted by Gasteiger charge is 2.25. The molecule has 1 aromatic carbocycles. The van der Waals surface area contributed by atoms with Gasteiger partial charge in [-0.05, 0) is 25.0 Å². The number of hydrogen-bond donors (Lipinski definition) is 2. The lowest BCUT2D eigenvalue weighted by atomic mass is 10.3. The van der Waals surface area contributed by atoms with Crippen molar-refractivity contribution >= 4 is 27.3 Å². The van der Waals surface area contributed by atoms with Crippen LogP contribution >= 0.6 is 11.6 Å². The zero-order valence-corrected chi connectivity index (χ0v) is 10.9. The van der Waals surface area contributed by atoms with Crippen LogP contribution in [0.3, 0.4) is 0 Å². The zero-order chi connectivity index (χ0) is 13.3. The van der Waals surface area contributed by atoms with Gasteiger partial charge < -0.3 is 5.73 Å². The molecule has 7 heteroatoms. The Balaban J connectivity index is 2.34.